The summed E-state index contributed by atoms with van der Waals surface area (Å²) in [6, 6.07) is 25.8. The van der Waals surface area contributed by atoms with Gasteiger partial charge in [-0.2, -0.15) is 0 Å². The molecular weight excluding hydrogens is 408 g/mol. The van der Waals surface area contributed by atoms with Crippen LogP contribution >= 0.6 is 27.7 Å². The zero-order valence-electron chi connectivity index (χ0n) is 14.1. The predicted octanol–water partition coefficient (Wildman–Crippen LogP) is 5.96. The quantitative estimate of drug-likeness (QED) is 0.509. The highest BCUT2D eigenvalue weighted by Crippen LogP contribution is 2.33. The van der Waals surface area contributed by atoms with E-state index >= 15 is 0 Å². The van der Waals surface area contributed by atoms with Crippen LogP contribution in [-0.2, 0) is 6.42 Å². The molecule has 26 heavy (non-hydrogen) atoms. The highest BCUT2D eigenvalue weighted by Gasteiger charge is 2.08. The van der Waals surface area contributed by atoms with Crippen LogP contribution in [0, 0.1) is 0 Å². The molecule has 0 atom stereocenters. The summed E-state index contributed by atoms with van der Waals surface area (Å²) in [6.45, 7) is 0.572. The average molecular weight is 427 g/mol. The van der Waals surface area contributed by atoms with E-state index in [0.29, 0.717) is 6.54 Å². The lowest BCUT2D eigenvalue weighted by molar-refractivity contribution is 0.252. The van der Waals surface area contributed by atoms with Crippen LogP contribution in [0.25, 0.3) is 0 Å². The third-order valence-electron chi connectivity index (χ3n) is 3.74. The van der Waals surface area contributed by atoms with Crippen LogP contribution in [0.2, 0.25) is 0 Å². The SMILES string of the molecule is O=C(NCCc1ccccc1Br)Nc1ccccc1Sc1ccccc1. The van der Waals surface area contributed by atoms with Gasteiger partial charge in [0, 0.05) is 20.8 Å². The Balaban J connectivity index is 1.57. The summed E-state index contributed by atoms with van der Waals surface area (Å²) in [7, 11) is 0. The smallest absolute Gasteiger partial charge is 0.319 e. The Morgan fingerprint density at radius 3 is 2.38 bits per heavy atom. The highest BCUT2D eigenvalue weighted by molar-refractivity contribution is 9.10. The van der Waals surface area contributed by atoms with Crippen molar-refractivity contribution in [2.24, 2.45) is 0 Å². The van der Waals surface area contributed by atoms with Gasteiger partial charge in [0.2, 0.25) is 0 Å². The molecule has 3 aromatic rings. The van der Waals surface area contributed by atoms with Crippen LogP contribution < -0.4 is 10.6 Å². The summed E-state index contributed by atoms with van der Waals surface area (Å²) in [4.78, 5) is 14.4. The monoisotopic (exact) mass is 426 g/mol. The van der Waals surface area contributed by atoms with Gasteiger partial charge in [-0.1, -0.05) is 76.2 Å². The van der Waals surface area contributed by atoms with Crippen molar-refractivity contribution in [2.75, 3.05) is 11.9 Å². The molecular formula is C21H19BrN2OS. The first-order valence-corrected chi connectivity index (χ1v) is 9.93. The number of anilines is 1. The van der Waals surface area contributed by atoms with Gasteiger partial charge in [-0.15, -0.1) is 0 Å². The van der Waals surface area contributed by atoms with Crippen molar-refractivity contribution >= 4 is 39.4 Å². The molecule has 0 saturated carbocycles. The first kappa shape index (κ1) is 18.5. The van der Waals surface area contributed by atoms with Crippen molar-refractivity contribution in [3.05, 3.63) is 88.9 Å². The molecule has 3 rings (SSSR count). The molecule has 0 unspecified atom stereocenters. The molecule has 0 aliphatic heterocycles. The van der Waals surface area contributed by atoms with E-state index in [4.69, 9.17) is 0 Å². The van der Waals surface area contributed by atoms with Crippen molar-refractivity contribution in [3.63, 3.8) is 0 Å². The van der Waals surface area contributed by atoms with Crippen LogP contribution in [0.4, 0.5) is 10.5 Å². The minimum Gasteiger partial charge on any atom is -0.338 e. The fourth-order valence-electron chi connectivity index (χ4n) is 2.45. The largest absolute Gasteiger partial charge is 0.338 e. The molecule has 0 aliphatic rings. The van der Waals surface area contributed by atoms with E-state index in [9.17, 15) is 4.79 Å². The number of amides is 2. The fourth-order valence-corrected chi connectivity index (χ4v) is 3.86. The average Bonchev–Trinajstić information content (AvgIpc) is 2.66. The number of hydrogen-bond donors (Lipinski definition) is 2. The molecule has 0 radical (unpaired) electrons. The number of hydrogen-bond acceptors (Lipinski definition) is 2. The normalized spacial score (nSPS) is 10.3. The summed E-state index contributed by atoms with van der Waals surface area (Å²) in [5, 5.41) is 5.87. The van der Waals surface area contributed by atoms with Gasteiger partial charge in [-0.05, 0) is 42.3 Å². The van der Waals surface area contributed by atoms with Crippen molar-refractivity contribution in [2.45, 2.75) is 16.2 Å². The second-order valence-electron chi connectivity index (χ2n) is 5.63. The number of carbonyl (C=O) groups excluding carboxylic acids is 1. The minimum atomic E-state index is -0.196. The number of halogens is 1. The lowest BCUT2D eigenvalue weighted by Crippen LogP contribution is -2.30. The Hall–Kier alpha value is -2.24. The molecule has 0 bridgehead atoms. The van der Waals surface area contributed by atoms with Crippen molar-refractivity contribution in [3.8, 4) is 0 Å². The van der Waals surface area contributed by atoms with E-state index in [1.807, 2.05) is 60.7 Å². The van der Waals surface area contributed by atoms with Gasteiger partial charge in [0.25, 0.3) is 0 Å². The van der Waals surface area contributed by atoms with Gasteiger partial charge >= 0.3 is 6.03 Å². The Bertz CT molecular complexity index is 871. The second-order valence-corrected chi connectivity index (χ2v) is 7.60. The first-order valence-electron chi connectivity index (χ1n) is 8.32. The minimum absolute atomic E-state index is 0.196. The van der Waals surface area contributed by atoms with Gasteiger partial charge in [-0.25, -0.2) is 4.79 Å². The number of nitrogens with one attached hydrogen (secondary N) is 2. The number of benzene rings is 3. The summed E-state index contributed by atoms with van der Waals surface area (Å²) in [5.74, 6) is 0. The molecule has 132 valence electrons. The third-order valence-corrected chi connectivity index (χ3v) is 5.60. The maximum absolute atomic E-state index is 12.2. The standard InChI is InChI=1S/C21H19BrN2OS/c22-18-11-5-4-8-16(18)14-15-23-21(25)24-19-12-6-7-13-20(19)26-17-9-2-1-3-10-17/h1-13H,14-15H2,(H2,23,24,25). The maximum atomic E-state index is 12.2. The summed E-state index contributed by atoms with van der Waals surface area (Å²) in [5.41, 5.74) is 1.98. The van der Waals surface area contributed by atoms with Crippen LogP contribution in [0.1, 0.15) is 5.56 Å². The molecule has 3 aromatic carbocycles. The fraction of sp³-hybridized carbons (Fsp3) is 0.0952. The van der Waals surface area contributed by atoms with Gasteiger partial charge in [0.15, 0.2) is 0 Å². The Labute approximate surface area is 166 Å². The lowest BCUT2D eigenvalue weighted by Gasteiger charge is -2.12. The molecule has 0 heterocycles. The maximum Gasteiger partial charge on any atom is 0.319 e. The van der Waals surface area contributed by atoms with Gasteiger partial charge in [0.05, 0.1) is 5.69 Å². The Kier molecular flexibility index (Phi) is 6.75. The molecule has 0 spiro atoms. The first-order chi connectivity index (χ1) is 12.7. The Morgan fingerprint density at radius 2 is 1.58 bits per heavy atom. The van der Waals surface area contributed by atoms with Crippen molar-refractivity contribution in [1.82, 2.24) is 5.32 Å². The topological polar surface area (TPSA) is 41.1 Å². The highest BCUT2D eigenvalue weighted by atomic mass is 79.9. The number of urea groups is 1. The molecule has 0 aliphatic carbocycles. The van der Waals surface area contributed by atoms with Crippen LogP contribution in [-0.4, -0.2) is 12.6 Å². The second kappa shape index (κ2) is 9.46. The summed E-state index contributed by atoms with van der Waals surface area (Å²) < 4.78 is 1.06. The number of rotatable bonds is 6. The van der Waals surface area contributed by atoms with E-state index in [-0.39, 0.29) is 6.03 Å². The summed E-state index contributed by atoms with van der Waals surface area (Å²) in [6.07, 6.45) is 0.773. The van der Waals surface area contributed by atoms with Gasteiger partial charge in [-0.3, -0.25) is 0 Å². The predicted molar refractivity (Wildman–Crippen MR) is 112 cm³/mol. The van der Waals surface area contributed by atoms with Gasteiger partial charge < -0.3 is 10.6 Å². The molecule has 0 fully saturated rings. The van der Waals surface area contributed by atoms with E-state index < -0.39 is 0 Å². The van der Waals surface area contributed by atoms with E-state index in [1.165, 1.54) is 5.56 Å². The van der Waals surface area contributed by atoms with Crippen LogP contribution in [0.3, 0.4) is 0 Å². The molecule has 0 saturated heterocycles. The molecule has 0 aromatic heterocycles. The zero-order chi connectivity index (χ0) is 18.2. The van der Waals surface area contributed by atoms with Gasteiger partial charge in [0.1, 0.15) is 0 Å². The molecule has 2 N–H and O–H groups in total. The lowest BCUT2D eigenvalue weighted by atomic mass is 10.1. The molecule has 5 heteroatoms. The summed E-state index contributed by atoms with van der Waals surface area (Å²) >= 11 is 5.16. The number of para-hydroxylation sites is 1. The number of carbonyl (C=O) groups is 1. The third kappa shape index (κ3) is 5.38. The van der Waals surface area contributed by atoms with E-state index in [1.54, 1.807) is 11.8 Å². The van der Waals surface area contributed by atoms with Crippen LogP contribution in [0.15, 0.2) is 93.1 Å². The van der Waals surface area contributed by atoms with Crippen molar-refractivity contribution < 1.29 is 4.79 Å². The van der Waals surface area contributed by atoms with Crippen LogP contribution in [0.5, 0.6) is 0 Å². The Morgan fingerprint density at radius 1 is 0.885 bits per heavy atom. The van der Waals surface area contributed by atoms with E-state index in [2.05, 4.69) is 44.8 Å². The molecule has 2 amide bonds. The van der Waals surface area contributed by atoms with E-state index in [0.717, 1.165) is 26.4 Å². The zero-order valence-corrected chi connectivity index (χ0v) is 16.5. The molecule has 3 nitrogen and oxygen atoms in total. The van der Waals surface area contributed by atoms with Crippen molar-refractivity contribution in [1.29, 1.82) is 0 Å².